The highest BCUT2D eigenvalue weighted by Gasteiger charge is 2.26. The smallest absolute Gasteiger partial charge is 0.338 e. The monoisotopic (exact) mass is 349 g/mol. The molecule has 1 aromatic carbocycles. The molecule has 1 atom stereocenters. The van der Waals surface area contributed by atoms with Crippen LogP contribution in [0.4, 0.5) is 11.4 Å². The van der Waals surface area contributed by atoms with Crippen LogP contribution in [0.1, 0.15) is 43.0 Å². The summed E-state index contributed by atoms with van der Waals surface area (Å²) in [6, 6.07) is 4.21. The minimum atomic E-state index is -0.746. The van der Waals surface area contributed by atoms with Gasteiger partial charge in [-0.2, -0.15) is 0 Å². The average molecular weight is 349 g/mol. The summed E-state index contributed by atoms with van der Waals surface area (Å²) in [5.74, 6) is -0.967. The van der Waals surface area contributed by atoms with Gasteiger partial charge in [-0.25, -0.2) is 4.79 Å². The van der Waals surface area contributed by atoms with Crippen LogP contribution in [0.2, 0.25) is 0 Å². The molecule has 8 heteroatoms. The Morgan fingerprint density at radius 3 is 2.80 bits per heavy atom. The van der Waals surface area contributed by atoms with E-state index >= 15 is 0 Å². The maximum atomic E-state index is 12.3. The Morgan fingerprint density at radius 2 is 2.16 bits per heavy atom. The van der Waals surface area contributed by atoms with Gasteiger partial charge in [0.05, 0.1) is 10.5 Å². The number of anilines is 1. The molecule has 0 unspecified atom stereocenters. The predicted octanol–water partition coefficient (Wildman–Crippen LogP) is 2.58. The Kier molecular flexibility index (Phi) is 6.32. The van der Waals surface area contributed by atoms with E-state index in [0.717, 1.165) is 31.7 Å². The molecule has 0 aromatic heterocycles. The number of nitrogens with one attached hydrogen (secondary N) is 1. The van der Waals surface area contributed by atoms with Crippen LogP contribution in [0.3, 0.4) is 0 Å². The number of nitro groups is 1. The van der Waals surface area contributed by atoms with E-state index in [1.807, 2.05) is 6.92 Å². The van der Waals surface area contributed by atoms with E-state index in [9.17, 15) is 19.7 Å². The molecule has 1 heterocycles. The number of carbonyl (C=O) groups is 2. The minimum absolute atomic E-state index is 0.0455. The number of hydrogen-bond donors (Lipinski definition) is 1. The Hall–Kier alpha value is -2.64. The largest absolute Gasteiger partial charge is 0.452 e. The maximum absolute atomic E-state index is 12.3. The fourth-order valence-electron chi connectivity index (χ4n) is 3.07. The van der Waals surface area contributed by atoms with Crippen LogP contribution in [0.25, 0.3) is 0 Å². The second-order valence-corrected chi connectivity index (χ2v) is 5.96. The Labute approximate surface area is 146 Å². The van der Waals surface area contributed by atoms with Gasteiger partial charge in [-0.1, -0.05) is 6.92 Å². The van der Waals surface area contributed by atoms with Crippen molar-refractivity contribution in [2.75, 3.05) is 25.5 Å². The van der Waals surface area contributed by atoms with Gasteiger partial charge in [0.15, 0.2) is 6.61 Å². The van der Waals surface area contributed by atoms with Gasteiger partial charge in [0.25, 0.3) is 11.6 Å². The average Bonchev–Trinajstić information content (AvgIpc) is 2.65. The van der Waals surface area contributed by atoms with Crippen molar-refractivity contribution >= 4 is 23.3 Å². The predicted molar refractivity (Wildman–Crippen MR) is 92.6 cm³/mol. The highest BCUT2D eigenvalue weighted by Crippen LogP contribution is 2.25. The van der Waals surface area contributed by atoms with Gasteiger partial charge < -0.3 is 15.0 Å². The number of amides is 1. The number of rotatable bonds is 6. The van der Waals surface area contributed by atoms with Crippen molar-refractivity contribution in [3.8, 4) is 0 Å². The Bertz CT molecular complexity index is 662. The molecule has 1 aliphatic heterocycles. The number of benzene rings is 1. The third-order valence-corrected chi connectivity index (χ3v) is 4.44. The third kappa shape index (κ3) is 4.46. The number of nitrogens with zero attached hydrogens (tertiary/aromatic N) is 2. The van der Waals surface area contributed by atoms with E-state index in [-0.39, 0.29) is 29.8 Å². The number of nitro benzene ring substituents is 1. The second-order valence-electron chi connectivity index (χ2n) is 5.96. The van der Waals surface area contributed by atoms with Crippen molar-refractivity contribution in [1.82, 2.24) is 4.90 Å². The number of likely N-dealkylation sites (tertiary alicyclic amines) is 1. The van der Waals surface area contributed by atoms with E-state index in [0.29, 0.717) is 12.2 Å². The summed E-state index contributed by atoms with van der Waals surface area (Å²) < 4.78 is 5.07. The lowest BCUT2D eigenvalue weighted by Crippen LogP contribution is -2.45. The zero-order valence-corrected chi connectivity index (χ0v) is 14.5. The van der Waals surface area contributed by atoms with Crippen LogP contribution in [-0.2, 0) is 9.53 Å². The normalized spacial score (nSPS) is 17.0. The highest BCUT2D eigenvalue weighted by molar-refractivity contribution is 5.93. The topological polar surface area (TPSA) is 102 Å². The van der Waals surface area contributed by atoms with Gasteiger partial charge in [0.2, 0.25) is 0 Å². The number of ether oxygens (including phenoxy) is 1. The lowest BCUT2D eigenvalue weighted by atomic mass is 10.00. The third-order valence-electron chi connectivity index (χ3n) is 4.44. The van der Waals surface area contributed by atoms with Crippen molar-refractivity contribution < 1.29 is 19.2 Å². The molecular weight excluding hydrogens is 326 g/mol. The van der Waals surface area contributed by atoms with Crippen LogP contribution in [0.5, 0.6) is 0 Å². The van der Waals surface area contributed by atoms with Crippen molar-refractivity contribution in [1.29, 1.82) is 0 Å². The zero-order valence-electron chi connectivity index (χ0n) is 14.5. The summed E-state index contributed by atoms with van der Waals surface area (Å²) >= 11 is 0. The van der Waals surface area contributed by atoms with Gasteiger partial charge in [-0.15, -0.1) is 0 Å². The summed E-state index contributed by atoms with van der Waals surface area (Å²) in [6.07, 6.45) is 3.89. The van der Waals surface area contributed by atoms with Crippen molar-refractivity contribution in [3.63, 3.8) is 0 Å². The summed E-state index contributed by atoms with van der Waals surface area (Å²) in [6.45, 7) is 2.36. The minimum Gasteiger partial charge on any atom is -0.452 e. The number of hydrogen-bond acceptors (Lipinski definition) is 6. The summed E-state index contributed by atoms with van der Waals surface area (Å²) in [4.78, 5) is 36.7. The SMILES string of the molecule is CC[C@@H]1CCCCN1C(=O)COC(=O)c1ccc(NC)c([N+](=O)[O-])c1. The van der Waals surface area contributed by atoms with E-state index in [2.05, 4.69) is 5.32 Å². The molecule has 0 bridgehead atoms. The van der Waals surface area contributed by atoms with Gasteiger partial charge in [0.1, 0.15) is 5.69 Å². The fourth-order valence-corrected chi connectivity index (χ4v) is 3.07. The highest BCUT2D eigenvalue weighted by atomic mass is 16.6. The number of carbonyl (C=O) groups excluding carboxylic acids is 2. The molecule has 2 rings (SSSR count). The van der Waals surface area contributed by atoms with Crippen LogP contribution in [0.15, 0.2) is 18.2 Å². The van der Waals surface area contributed by atoms with Gasteiger partial charge >= 0.3 is 5.97 Å². The second kappa shape index (κ2) is 8.46. The first-order chi connectivity index (χ1) is 12.0. The lowest BCUT2D eigenvalue weighted by molar-refractivity contribution is -0.384. The molecule has 1 saturated heterocycles. The molecule has 1 fully saturated rings. The molecule has 1 aromatic rings. The van der Waals surface area contributed by atoms with Crippen molar-refractivity contribution in [3.05, 3.63) is 33.9 Å². The molecule has 0 spiro atoms. The first-order valence-electron chi connectivity index (χ1n) is 8.40. The fraction of sp³-hybridized carbons (Fsp3) is 0.529. The van der Waals surface area contributed by atoms with E-state index < -0.39 is 10.9 Å². The molecule has 0 saturated carbocycles. The lowest BCUT2D eigenvalue weighted by Gasteiger charge is -2.35. The van der Waals surface area contributed by atoms with E-state index in [1.165, 1.54) is 12.1 Å². The van der Waals surface area contributed by atoms with Gasteiger partial charge in [0, 0.05) is 25.7 Å². The Morgan fingerprint density at radius 1 is 1.40 bits per heavy atom. The molecule has 1 amide bonds. The Balaban J connectivity index is 2.01. The van der Waals surface area contributed by atoms with Crippen LogP contribution < -0.4 is 5.32 Å². The van der Waals surface area contributed by atoms with Crippen LogP contribution >= 0.6 is 0 Å². The summed E-state index contributed by atoms with van der Waals surface area (Å²) in [7, 11) is 1.56. The van der Waals surface area contributed by atoms with E-state index in [4.69, 9.17) is 4.74 Å². The summed E-state index contributed by atoms with van der Waals surface area (Å²) in [5, 5.41) is 13.7. The quantitative estimate of drug-likeness (QED) is 0.481. The molecule has 136 valence electrons. The van der Waals surface area contributed by atoms with Gasteiger partial charge in [-0.05, 0) is 37.8 Å². The zero-order chi connectivity index (χ0) is 18.4. The molecule has 0 radical (unpaired) electrons. The van der Waals surface area contributed by atoms with Gasteiger partial charge in [-0.3, -0.25) is 14.9 Å². The van der Waals surface area contributed by atoms with E-state index in [1.54, 1.807) is 11.9 Å². The maximum Gasteiger partial charge on any atom is 0.338 e. The standard InChI is InChI=1S/C17H23N3O5/c1-3-13-6-4-5-9-19(13)16(21)11-25-17(22)12-7-8-14(18-2)15(10-12)20(23)24/h7-8,10,13,18H,3-6,9,11H2,1-2H3/t13-/m1/s1. The molecule has 1 aliphatic rings. The molecule has 1 N–H and O–H groups in total. The molecule has 8 nitrogen and oxygen atoms in total. The van der Waals surface area contributed by atoms with Crippen LogP contribution in [0, 0.1) is 10.1 Å². The van der Waals surface area contributed by atoms with Crippen molar-refractivity contribution in [2.45, 2.75) is 38.6 Å². The van der Waals surface area contributed by atoms with Crippen molar-refractivity contribution in [2.24, 2.45) is 0 Å². The molecule has 0 aliphatic carbocycles. The first-order valence-corrected chi connectivity index (χ1v) is 8.40. The number of piperidine rings is 1. The first kappa shape index (κ1) is 18.7. The molecular formula is C17H23N3O5. The van der Waals surface area contributed by atoms with Crippen LogP contribution in [-0.4, -0.2) is 47.9 Å². The number of esters is 1. The molecule has 25 heavy (non-hydrogen) atoms. The summed E-state index contributed by atoms with van der Waals surface area (Å²) in [5.41, 5.74) is 0.131.